The van der Waals surface area contributed by atoms with Gasteiger partial charge < -0.3 is 14.5 Å². The molecule has 2 aliphatic heterocycles. The lowest BCUT2D eigenvalue weighted by atomic mass is 10.2. The highest BCUT2D eigenvalue weighted by atomic mass is 16.5. The number of nitrogens with zero attached hydrogens (tertiary/aromatic N) is 4. The van der Waals surface area contributed by atoms with Crippen LogP contribution in [0.25, 0.3) is 0 Å². The van der Waals surface area contributed by atoms with Gasteiger partial charge in [-0.2, -0.15) is 0 Å². The fourth-order valence-corrected chi connectivity index (χ4v) is 3.08. The molecule has 0 bridgehead atoms. The molecule has 1 atom stereocenters. The molecule has 0 aromatic heterocycles. The molecular formula is C18H23N5O4. The number of ether oxygens (including phenoxy) is 1. The molecule has 0 aliphatic carbocycles. The smallest absolute Gasteiger partial charge is 0.409 e. The molecule has 3 rings (SSSR count). The third kappa shape index (κ3) is 4.02. The van der Waals surface area contributed by atoms with Crippen LogP contribution < -0.4 is 10.4 Å². The van der Waals surface area contributed by atoms with Gasteiger partial charge in [-0.3, -0.25) is 15.0 Å². The van der Waals surface area contributed by atoms with Gasteiger partial charge >= 0.3 is 6.09 Å². The molecule has 3 amide bonds. The van der Waals surface area contributed by atoms with Crippen molar-refractivity contribution in [3.05, 3.63) is 30.3 Å². The molecular weight excluding hydrogens is 350 g/mol. The maximum Gasteiger partial charge on any atom is 0.409 e. The van der Waals surface area contributed by atoms with E-state index in [1.807, 2.05) is 18.2 Å². The molecule has 1 unspecified atom stereocenters. The average molecular weight is 373 g/mol. The number of carbonyl (C=O) groups is 3. The third-order valence-electron chi connectivity index (χ3n) is 4.55. The van der Waals surface area contributed by atoms with Crippen LogP contribution in [0.4, 0.5) is 10.5 Å². The van der Waals surface area contributed by atoms with Gasteiger partial charge in [-0.25, -0.2) is 14.8 Å². The van der Waals surface area contributed by atoms with E-state index in [1.165, 1.54) is 12.1 Å². The van der Waals surface area contributed by atoms with E-state index < -0.39 is 12.1 Å². The first-order valence-corrected chi connectivity index (χ1v) is 8.87. The van der Waals surface area contributed by atoms with Gasteiger partial charge in [0, 0.05) is 26.2 Å². The van der Waals surface area contributed by atoms with E-state index in [9.17, 15) is 14.4 Å². The summed E-state index contributed by atoms with van der Waals surface area (Å²) in [4.78, 5) is 44.5. The highest BCUT2D eigenvalue weighted by Gasteiger charge is 2.33. The van der Waals surface area contributed by atoms with Crippen LogP contribution in [0.1, 0.15) is 13.3 Å². The SMILES string of the molecule is COC(=O)N1CCCN(C(=O)C2=NC(C)C(=O)N(c3ccccc3)N2)CC1. The van der Waals surface area contributed by atoms with Crippen LogP contribution >= 0.6 is 0 Å². The summed E-state index contributed by atoms with van der Waals surface area (Å²) in [6.45, 7) is 3.46. The molecule has 2 aliphatic rings. The predicted molar refractivity (Wildman–Crippen MR) is 99.1 cm³/mol. The number of hydrazine groups is 1. The summed E-state index contributed by atoms with van der Waals surface area (Å²) in [5, 5.41) is 1.35. The van der Waals surface area contributed by atoms with Crippen molar-refractivity contribution in [1.82, 2.24) is 15.2 Å². The number of carbonyl (C=O) groups excluding carboxylic acids is 3. The summed E-state index contributed by atoms with van der Waals surface area (Å²) < 4.78 is 4.75. The van der Waals surface area contributed by atoms with Crippen LogP contribution in [-0.4, -0.2) is 72.9 Å². The highest BCUT2D eigenvalue weighted by Crippen LogP contribution is 2.16. The number of amides is 3. The largest absolute Gasteiger partial charge is 0.453 e. The van der Waals surface area contributed by atoms with E-state index in [0.717, 1.165) is 0 Å². The number of amidine groups is 1. The first-order chi connectivity index (χ1) is 13.0. The Kier molecular flexibility index (Phi) is 5.58. The highest BCUT2D eigenvalue weighted by molar-refractivity contribution is 6.39. The lowest BCUT2D eigenvalue weighted by Gasteiger charge is -2.32. The van der Waals surface area contributed by atoms with Gasteiger partial charge in [0.15, 0.2) is 0 Å². The Balaban J connectivity index is 1.73. The summed E-state index contributed by atoms with van der Waals surface area (Å²) in [7, 11) is 1.34. The van der Waals surface area contributed by atoms with Gasteiger partial charge in [0.1, 0.15) is 6.04 Å². The Morgan fingerprint density at radius 3 is 2.48 bits per heavy atom. The van der Waals surface area contributed by atoms with Gasteiger partial charge in [0.25, 0.3) is 11.8 Å². The van der Waals surface area contributed by atoms with E-state index in [-0.39, 0.29) is 17.6 Å². The normalized spacial score (nSPS) is 20.5. The zero-order valence-electron chi connectivity index (χ0n) is 15.4. The quantitative estimate of drug-likeness (QED) is 0.820. The van der Waals surface area contributed by atoms with Crippen molar-refractivity contribution < 1.29 is 19.1 Å². The van der Waals surface area contributed by atoms with Crippen molar-refractivity contribution in [3.63, 3.8) is 0 Å². The van der Waals surface area contributed by atoms with Crippen LogP contribution in [0.2, 0.25) is 0 Å². The minimum absolute atomic E-state index is 0.123. The lowest BCUT2D eigenvalue weighted by molar-refractivity contribution is -0.124. The number of aliphatic imine (C=N–C) groups is 1. The molecule has 9 nitrogen and oxygen atoms in total. The van der Waals surface area contributed by atoms with Gasteiger partial charge in [-0.05, 0) is 25.5 Å². The number of anilines is 1. The van der Waals surface area contributed by atoms with E-state index in [4.69, 9.17) is 4.74 Å². The molecule has 1 saturated heterocycles. The van der Waals surface area contributed by atoms with E-state index in [1.54, 1.807) is 28.9 Å². The van der Waals surface area contributed by atoms with Crippen LogP contribution in [0.3, 0.4) is 0 Å². The molecule has 144 valence electrons. The first kappa shape index (κ1) is 18.7. The summed E-state index contributed by atoms with van der Waals surface area (Å²) in [5.74, 6) is -0.398. The molecule has 0 spiro atoms. The van der Waals surface area contributed by atoms with Crippen LogP contribution in [0.15, 0.2) is 35.3 Å². The molecule has 0 saturated carbocycles. The maximum absolute atomic E-state index is 12.9. The maximum atomic E-state index is 12.9. The fraction of sp³-hybridized carbons (Fsp3) is 0.444. The Labute approximate surface area is 157 Å². The topological polar surface area (TPSA) is 94.5 Å². The van der Waals surface area contributed by atoms with Crippen LogP contribution in [0.5, 0.6) is 0 Å². The number of nitrogens with one attached hydrogen (secondary N) is 1. The third-order valence-corrected chi connectivity index (χ3v) is 4.55. The molecule has 27 heavy (non-hydrogen) atoms. The standard InChI is InChI=1S/C18H23N5O4/c1-13-16(24)23(14-7-4-3-5-8-14)20-15(19-13)17(25)21-9-6-10-22(12-11-21)18(26)27-2/h3-5,7-8,13H,6,9-12H2,1-2H3,(H,19,20). The minimum Gasteiger partial charge on any atom is -0.453 e. The number of benzene rings is 1. The minimum atomic E-state index is -0.663. The van der Waals surface area contributed by atoms with E-state index in [0.29, 0.717) is 38.3 Å². The molecule has 1 fully saturated rings. The van der Waals surface area contributed by atoms with Crippen molar-refractivity contribution in [1.29, 1.82) is 0 Å². The number of hydrogen-bond donors (Lipinski definition) is 1. The predicted octanol–water partition coefficient (Wildman–Crippen LogP) is 0.625. The Morgan fingerprint density at radius 1 is 1.11 bits per heavy atom. The number of rotatable bonds is 2. The molecule has 2 heterocycles. The molecule has 1 aromatic rings. The van der Waals surface area contributed by atoms with Crippen molar-refractivity contribution >= 4 is 29.4 Å². The Morgan fingerprint density at radius 2 is 1.78 bits per heavy atom. The number of para-hydroxylation sites is 1. The fourth-order valence-electron chi connectivity index (χ4n) is 3.08. The van der Waals surface area contributed by atoms with E-state index in [2.05, 4.69) is 10.4 Å². The second-order valence-corrected chi connectivity index (χ2v) is 6.38. The molecule has 9 heteroatoms. The lowest BCUT2D eigenvalue weighted by Crippen LogP contribution is -2.58. The first-order valence-electron chi connectivity index (χ1n) is 8.87. The second kappa shape index (κ2) is 8.07. The zero-order valence-corrected chi connectivity index (χ0v) is 15.4. The van der Waals surface area contributed by atoms with Crippen LogP contribution in [0, 0.1) is 0 Å². The van der Waals surface area contributed by atoms with Gasteiger partial charge in [0.2, 0.25) is 5.84 Å². The van der Waals surface area contributed by atoms with Crippen molar-refractivity contribution in [3.8, 4) is 0 Å². The monoisotopic (exact) mass is 373 g/mol. The Bertz CT molecular complexity index is 751. The van der Waals surface area contributed by atoms with E-state index >= 15 is 0 Å². The van der Waals surface area contributed by atoms with Crippen molar-refractivity contribution in [2.24, 2.45) is 4.99 Å². The zero-order chi connectivity index (χ0) is 19.4. The summed E-state index contributed by atoms with van der Waals surface area (Å²) >= 11 is 0. The average Bonchev–Trinajstić information content (AvgIpc) is 2.95. The van der Waals surface area contributed by atoms with Crippen LogP contribution in [-0.2, 0) is 14.3 Å². The number of methoxy groups -OCH3 is 1. The van der Waals surface area contributed by atoms with Gasteiger partial charge in [0.05, 0.1) is 12.8 Å². The van der Waals surface area contributed by atoms with Crippen molar-refractivity contribution in [2.75, 3.05) is 38.3 Å². The Hall–Kier alpha value is -3.10. The molecule has 1 aromatic carbocycles. The molecule has 1 N–H and O–H groups in total. The summed E-state index contributed by atoms with van der Waals surface area (Å²) in [5.41, 5.74) is 3.49. The van der Waals surface area contributed by atoms with Gasteiger partial charge in [-0.1, -0.05) is 18.2 Å². The number of hydrogen-bond acceptors (Lipinski definition) is 6. The summed E-state index contributed by atoms with van der Waals surface area (Å²) in [6.07, 6.45) is 0.247. The molecule has 0 radical (unpaired) electrons. The van der Waals surface area contributed by atoms with Crippen molar-refractivity contribution in [2.45, 2.75) is 19.4 Å². The van der Waals surface area contributed by atoms with Gasteiger partial charge in [-0.15, -0.1) is 0 Å². The summed E-state index contributed by atoms with van der Waals surface area (Å²) in [6, 6.07) is 8.39. The second-order valence-electron chi connectivity index (χ2n) is 6.38.